The largest absolute Gasteiger partial charge is 0.493 e. The molecule has 0 spiro atoms. The number of aryl methyl sites for hydroxylation is 2. The molecule has 0 radical (unpaired) electrons. The number of ketones is 1. The van der Waals surface area contributed by atoms with Gasteiger partial charge in [-0.2, -0.15) is 0 Å². The van der Waals surface area contributed by atoms with Gasteiger partial charge in [0.1, 0.15) is 24.7 Å². The number of benzene rings is 2. The van der Waals surface area contributed by atoms with Gasteiger partial charge in [0.05, 0.1) is 12.7 Å². The third kappa shape index (κ3) is 8.31. The van der Waals surface area contributed by atoms with Crippen LogP contribution in [0.25, 0.3) is 0 Å². The highest BCUT2D eigenvalue weighted by Gasteiger charge is 2.32. The van der Waals surface area contributed by atoms with E-state index < -0.39 is 6.10 Å². The summed E-state index contributed by atoms with van der Waals surface area (Å²) in [6.45, 7) is 15.2. The van der Waals surface area contributed by atoms with Gasteiger partial charge in [0.15, 0.2) is 5.78 Å². The van der Waals surface area contributed by atoms with Crippen LogP contribution in [-0.4, -0.2) is 41.9 Å². The Balaban J connectivity index is 2.13. The third-order valence-electron chi connectivity index (χ3n) is 7.59. The van der Waals surface area contributed by atoms with Crippen LogP contribution in [0.5, 0.6) is 11.5 Å². The highest BCUT2D eigenvalue weighted by Crippen LogP contribution is 2.41. The Kier molecular flexibility index (Phi) is 11.6. The van der Waals surface area contributed by atoms with Crippen molar-refractivity contribution in [1.29, 1.82) is 0 Å². The standard InChI is InChI=1S/C32H48O5/c1-8-32(9-2,26-15-17-29(24(4)20-26)37-22-30(35)31(5,6)7)25-14-16-28(23(3)19-25)36-18-12-10-11-13-27(34)21-33/h14-17,19-20,30,33,35H,8-13,18,21-22H2,1-7H3. The molecule has 0 aliphatic carbocycles. The van der Waals surface area contributed by atoms with Gasteiger partial charge in [-0.25, -0.2) is 0 Å². The number of carbonyl (C=O) groups is 1. The SMILES string of the molecule is CCC(CC)(c1ccc(OCCCCCC(=O)CO)c(C)c1)c1ccc(OCC(O)C(C)(C)C)c(C)c1. The van der Waals surface area contributed by atoms with Crippen molar-refractivity contribution in [3.05, 3.63) is 58.7 Å². The fourth-order valence-electron chi connectivity index (χ4n) is 4.73. The predicted molar refractivity (Wildman–Crippen MR) is 151 cm³/mol. The van der Waals surface area contributed by atoms with E-state index in [0.717, 1.165) is 54.7 Å². The molecule has 206 valence electrons. The van der Waals surface area contributed by atoms with Crippen molar-refractivity contribution in [2.24, 2.45) is 5.41 Å². The quantitative estimate of drug-likeness (QED) is 0.260. The molecule has 2 aromatic rings. The summed E-state index contributed by atoms with van der Waals surface area (Å²) in [5.41, 5.74) is 4.40. The lowest BCUT2D eigenvalue weighted by Gasteiger charge is -2.34. The van der Waals surface area contributed by atoms with E-state index >= 15 is 0 Å². The zero-order valence-corrected chi connectivity index (χ0v) is 24.0. The predicted octanol–water partition coefficient (Wildman–Crippen LogP) is 6.70. The minimum Gasteiger partial charge on any atom is -0.493 e. The smallest absolute Gasteiger partial charge is 0.158 e. The molecule has 1 atom stereocenters. The highest BCUT2D eigenvalue weighted by atomic mass is 16.5. The van der Waals surface area contributed by atoms with Crippen LogP contribution in [0.4, 0.5) is 0 Å². The molecular formula is C32H48O5. The first kappa shape index (κ1) is 30.9. The van der Waals surface area contributed by atoms with Crippen molar-refractivity contribution in [2.45, 2.75) is 98.5 Å². The third-order valence-corrected chi connectivity index (χ3v) is 7.59. The lowest BCUT2D eigenvalue weighted by molar-refractivity contribution is -0.121. The molecule has 0 heterocycles. The first-order valence-electron chi connectivity index (χ1n) is 13.8. The van der Waals surface area contributed by atoms with E-state index in [2.05, 4.69) is 58.0 Å². The number of hydrogen-bond donors (Lipinski definition) is 2. The van der Waals surface area contributed by atoms with E-state index in [1.807, 2.05) is 26.8 Å². The molecule has 2 aromatic carbocycles. The maximum absolute atomic E-state index is 11.2. The van der Waals surface area contributed by atoms with Crippen molar-refractivity contribution < 1.29 is 24.5 Å². The Bertz CT molecular complexity index is 1000. The normalized spacial score (nSPS) is 12.9. The van der Waals surface area contributed by atoms with E-state index in [0.29, 0.717) is 13.0 Å². The molecule has 0 bridgehead atoms. The summed E-state index contributed by atoms with van der Waals surface area (Å²) in [6, 6.07) is 13.0. The molecule has 5 nitrogen and oxygen atoms in total. The van der Waals surface area contributed by atoms with Crippen LogP contribution in [-0.2, 0) is 10.2 Å². The van der Waals surface area contributed by atoms with E-state index in [1.54, 1.807) is 0 Å². The molecule has 0 amide bonds. The summed E-state index contributed by atoms with van der Waals surface area (Å²) in [7, 11) is 0. The Morgan fingerprint density at radius 3 is 1.86 bits per heavy atom. The van der Waals surface area contributed by atoms with Gasteiger partial charge in [-0.3, -0.25) is 4.79 Å². The van der Waals surface area contributed by atoms with Crippen LogP contribution >= 0.6 is 0 Å². The number of aliphatic hydroxyl groups excluding tert-OH is 2. The van der Waals surface area contributed by atoms with Crippen LogP contribution in [0.1, 0.15) is 95.4 Å². The number of unbranched alkanes of at least 4 members (excludes halogenated alkanes) is 2. The fourth-order valence-corrected chi connectivity index (χ4v) is 4.73. The van der Waals surface area contributed by atoms with Gasteiger partial charge in [-0.1, -0.05) is 58.9 Å². The molecule has 0 saturated carbocycles. The Morgan fingerprint density at radius 1 is 0.865 bits per heavy atom. The number of ether oxygens (including phenoxy) is 2. The van der Waals surface area contributed by atoms with Gasteiger partial charge in [-0.05, 0) is 85.8 Å². The van der Waals surface area contributed by atoms with Gasteiger partial charge >= 0.3 is 0 Å². The molecular weight excluding hydrogens is 464 g/mol. The first-order valence-corrected chi connectivity index (χ1v) is 13.8. The van der Waals surface area contributed by atoms with Crippen LogP contribution in [0.3, 0.4) is 0 Å². The van der Waals surface area contributed by atoms with Gasteiger partial charge < -0.3 is 19.7 Å². The lowest BCUT2D eigenvalue weighted by atomic mass is 9.70. The van der Waals surface area contributed by atoms with Crippen molar-refractivity contribution in [3.63, 3.8) is 0 Å². The van der Waals surface area contributed by atoms with Gasteiger partial charge in [0.25, 0.3) is 0 Å². The second-order valence-corrected chi connectivity index (χ2v) is 11.3. The van der Waals surface area contributed by atoms with E-state index in [9.17, 15) is 9.90 Å². The maximum Gasteiger partial charge on any atom is 0.158 e. The van der Waals surface area contributed by atoms with Crippen LogP contribution in [0.15, 0.2) is 36.4 Å². The highest BCUT2D eigenvalue weighted by molar-refractivity contribution is 5.79. The summed E-state index contributed by atoms with van der Waals surface area (Å²) in [6.07, 6.45) is 4.43. The minimum absolute atomic E-state index is 0.0978. The summed E-state index contributed by atoms with van der Waals surface area (Å²) >= 11 is 0. The second-order valence-electron chi connectivity index (χ2n) is 11.3. The molecule has 0 fully saturated rings. The summed E-state index contributed by atoms with van der Waals surface area (Å²) in [4.78, 5) is 11.2. The number of Topliss-reactive ketones (excluding diaryl/α,β-unsaturated/α-hetero) is 1. The lowest BCUT2D eigenvalue weighted by Crippen LogP contribution is -2.32. The first-order chi connectivity index (χ1) is 17.5. The van der Waals surface area contributed by atoms with Crippen molar-refractivity contribution in [1.82, 2.24) is 0 Å². The molecule has 37 heavy (non-hydrogen) atoms. The number of rotatable bonds is 15. The summed E-state index contributed by atoms with van der Waals surface area (Å²) < 4.78 is 12.0. The van der Waals surface area contributed by atoms with Crippen LogP contribution in [0, 0.1) is 19.3 Å². The molecule has 1 unspecified atom stereocenters. The Labute approximate surface area is 224 Å². The molecule has 0 saturated heterocycles. The Morgan fingerprint density at radius 2 is 1.41 bits per heavy atom. The fraction of sp³-hybridized carbons (Fsp3) is 0.594. The Hall–Kier alpha value is -2.37. The molecule has 0 aliphatic heterocycles. The van der Waals surface area contributed by atoms with Gasteiger partial charge in [-0.15, -0.1) is 0 Å². The van der Waals surface area contributed by atoms with Crippen molar-refractivity contribution >= 4 is 5.78 Å². The zero-order valence-electron chi connectivity index (χ0n) is 24.0. The molecule has 5 heteroatoms. The molecule has 2 rings (SSSR count). The maximum atomic E-state index is 11.2. The number of aliphatic hydroxyl groups is 2. The van der Waals surface area contributed by atoms with Crippen molar-refractivity contribution in [3.8, 4) is 11.5 Å². The number of carbonyl (C=O) groups excluding carboxylic acids is 1. The van der Waals surface area contributed by atoms with E-state index in [4.69, 9.17) is 14.6 Å². The second kappa shape index (κ2) is 14.0. The zero-order chi connectivity index (χ0) is 27.6. The van der Waals surface area contributed by atoms with Crippen LogP contribution < -0.4 is 9.47 Å². The van der Waals surface area contributed by atoms with Gasteiger partial charge in [0.2, 0.25) is 0 Å². The molecule has 0 aliphatic rings. The summed E-state index contributed by atoms with van der Waals surface area (Å²) in [5.74, 6) is 1.61. The molecule has 2 N–H and O–H groups in total. The number of hydrogen-bond acceptors (Lipinski definition) is 5. The van der Waals surface area contributed by atoms with E-state index in [-0.39, 0.29) is 29.8 Å². The van der Waals surface area contributed by atoms with E-state index in [1.165, 1.54) is 11.1 Å². The average molecular weight is 513 g/mol. The average Bonchev–Trinajstić information content (AvgIpc) is 2.86. The van der Waals surface area contributed by atoms with Gasteiger partial charge in [0, 0.05) is 11.8 Å². The summed E-state index contributed by atoms with van der Waals surface area (Å²) in [5, 5.41) is 19.2. The van der Waals surface area contributed by atoms with Crippen LogP contribution in [0.2, 0.25) is 0 Å². The topological polar surface area (TPSA) is 76.0 Å². The molecule has 0 aromatic heterocycles. The van der Waals surface area contributed by atoms with Crippen molar-refractivity contribution in [2.75, 3.05) is 19.8 Å². The monoisotopic (exact) mass is 512 g/mol. The minimum atomic E-state index is -0.531.